The minimum Gasteiger partial charge on any atom is -0.497 e. The highest BCUT2D eigenvalue weighted by atomic mass is 16.5. The van der Waals surface area contributed by atoms with E-state index in [1.54, 1.807) is 7.11 Å². The van der Waals surface area contributed by atoms with Gasteiger partial charge in [-0.05, 0) is 61.7 Å². The van der Waals surface area contributed by atoms with E-state index in [4.69, 9.17) is 4.74 Å². The minimum atomic E-state index is -0.0719. The third-order valence-electron chi connectivity index (χ3n) is 4.69. The van der Waals surface area contributed by atoms with Crippen LogP contribution in [-0.2, 0) is 16.0 Å². The summed E-state index contributed by atoms with van der Waals surface area (Å²) in [5.41, 5.74) is 4.42. The number of nitrogens with one attached hydrogen (secondary N) is 2. The van der Waals surface area contributed by atoms with Crippen molar-refractivity contribution in [2.24, 2.45) is 0 Å². The van der Waals surface area contributed by atoms with Crippen LogP contribution < -0.4 is 15.4 Å². The number of amides is 1. The zero-order valence-electron chi connectivity index (χ0n) is 15.7. The standard InChI is InChI=1S/C22H24N2O3/c1-15-20(4-3-5-21(15)25)23-17-8-6-16(7-9-17)14-22(26)24-18-10-12-19(27-2)13-11-18/h6-13,23H,3-5,14H2,1-2H3,(H,24,26). The Balaban J connectivity index is 1.57. The highest BCUT2D eigenvalue weighted by molar-refractivity contribution is 5.96. The molecular formula is C22H24N2O3. The van der Waals surface area contributed by atoms with E-state index in [1.165, 1.54) is 0 Å². The van der Waals surface area contributed by atoms with Crippen LogP contribution in [0.25, 0.3) is 0 Å². The number of carbonyl (C=O) groups excluding carboxylic acids is 2. The van der Waals surface area contributed by atoms with Crippen LogP contribution in [0.15, 0.2) is 59.8 Å². The van der Waals surface area contributed by atoms with E-state index >= 15 is 0 Å². The molecule has 0 saturated carbocycles. The molecule has 0 heterocycles. The summed E-state index contributed by atoms with van der Waals surface area (Å²) in [5, 5.41) is 6.22. The zero-order valence-corrected chi connectivity index (χ0v) is 15.7. The molecule has 27 heavy (non-hydrogen) atoms. The molecule has 2 N–H and O–H groups in total. The summed E-state index contributed by atoms with van der Waals surface area (Å²) in [5.74, 6) is 0.897. The number of carbonyl (C=O) groups is 2. The maximum atomic E-state index is 12.2. The molecule has 1 amide bonds. The lowest BCUT2D eigenvalue weighted by atomic mass is 9.96. The van der Waals surface area contributed by atoms with Gasteiger partial charge in [-0.25, -0.2) is 0 Å². The summed E-state index contributed by atoms with van der Waals surface area (Å²) in [6, 6.07) is 15.0. The van der Waals surface area contributed by atoms with Gasteiger partial charge in [0.25, 0.3) is 0 Å². The van der Waals surface area contributed by atoms with E-state index in [1.807, 2.05) is 55.5 Å². The Morgan fingerprint density at radius 3 is 2.33 bits per heavy atom. The van der Waals surface area contributed by atoms with Gasteiger partial charge in [0.15, 0.2) is 5.78 Å². The quantitative estimate of drug-likeness (QED) is 0.801. The van der Waals surface area contributed by atoms with Crippen molar-refractivity contribution in [3.8, 4) is 5.75 Å². The molecule has 0 aliphatic heterocycles. The smallest absolute Gasteiger partial charge is 0.228 e. The molecule has 1 aliphatic rings. The van der Waals surface area contributed by atoms with Gasteiger partial charge in [-0.2, -0.15) is 0 Å². The number of methoxy groups -OCH3 is 1. The van der Waals surface area contributed by atoms with E-state index in [-0.39, 0.29) is 11.7 Å². The van der Waals surface area contributed by atoms with E-state index in [0.29, 0.717) is 12.8 Å². The van der Waals surface area contributed by atoms with Crippen molar-refractivity contribution in [2.45, 2.75) is 32.6 Å². The fraction of sp³-hybridized carbons (Fsp3) is 0.273. The third-order valence-corrected chi connectivity index (χ3v) is 4.69. The maximum Gasteiger partial charge on any atom is 0.228 e. The van der Waals surface area contributed by atoms with Gasteiger partial charge in [-0.15, -0.1) is 0 Å². The van der Waals surface area contributed by atoms with Crippen LogP contribution in [0.4, 0.5) is 11.4 Å². The summed E-state index contributed by atoms with van der Waals surface area (Å²) in [4.78, 5) is 24.0. The number of Topliss-reactive ketones (excluding diaryl/α,β-unsaturated/α-hetero) is 1. The average molecular weight is 364 g/mol. The third kappa shape index (κ3) is 4.97. The lowest BCUT2D eigenvalue weighted by molar-refractivity contribution is -0.116. The number of hydrogen-bond donors (Lipinski definition) is 2. The van der Waals surface area contributed by atoms with Gasteiger partial charge < -0.3 is 15.4 Å². The summed E-state index contributed by atoms with van der Waals surface area (Å²) in [7, 11) is 1.61. The molecule has 2 aromatic rings. The normalized spacial score (nSPS) is 14.1. The molecule has 0 aromatic heterocycles. The Bertz CT molecular complexity index is 852. The van der Waals surface area contributed by atoms with E-state index in [0.717, 1.165) is 46.8 Å². The summed E-state index contributed by atoms with van der Waals surface area (Å²) >= 11 is 0. The van der Waals surface area contributed by atoms with Crippen molar-refractivity contribution in [3.63, 3.8) is 0 Å². The maximum absolute atomic E-state index is 12.2. The molecule has 0 saturated heterocycles. The van der Waals surface area contributed by atoms with Gasteiger partial charge in [-0.3, -0.25) is 9.59 Å². The van der Waals surface area contributed by atoms with E-state index in [9.17, 15) is 9.59 Å². The topological polar surface area (TPSA) is 67.4 Å². The van der Waals surface area contributed by atoms with Crippen molar-refractivity contribution in [2.75, 3.05) is 17.7 Å². The molecule has 2 aromatic carbocycles. The van der Waals surface area contributed by atoms with Gasteiger partial charge in [0, 0.05) is 29.1 Å². The van der Waals surface area contributed by atoms with Crippen LogP contribution in [0.1, 0.15) is 31.7 Å². The minimum absolute atomic E-state index is 0.0719. The number of ether oxygens (including phenoxy) is 1. The molecule has 1 aliphatic carbocycles. The fourth-order valence-electron chi connectivity index (χ4n) is 3.07. The van der Waals surface area contributed by atoms with Crippen LogP contribution >= 0.6 is 0 Å². The number of hydrogen-bond acceptors (Lipinski definition) is 4. The first kappa shape index (κ1) is 18.7. The lowest BCUT2D eigenvalue weighted by Crippen LogP contribution is -2.15. The van der Waals surface area contributed by atoms with Crippen molar-refractivity contribution in [3.05, 3.63) is 65.4 Å². The van der Waals surface area contributed by atoms with Gasteiger partial charge in [0.2, 0.25) is 5.91 Å². The van der Waals surface area contributed by atoms with Crippen molar-refractivity contribution >= 4 is 23.1 Å². The van der Waals surface area contributed by atoms with Crippen LogP contribution in [-0.4, -0.2) is 18.8 Å². The Morgan fingerprint density at radius 2 is 1.67 bits per heavy atom. The first-order valence-corrected chi connectivity index (χ1v) is 9.08. The van der Waals surface area contributed by atoms with Crippen molar-refractivity contribution in [1.82, 2.24) is 0 Å². The number of ketones is 1. The van der Waals surface area contributed by atoms with Crippen molar-refractivity contribution in [1.29, 1.82) is 0 Å². The number of anilines is 2. The second kappa shape index (κ2) is 8.54. The number of benzene rings is 2. The molecule has 5 nitrogen and oxygen atoms in total. The van der Waals surface area contributed by atoms with E-state index in [2.05, 4.69) is 10.6 Å². The molecule has 3 rings (SSSR count). The second-order valence-corrected chi connectivity index (χ2v) is 6.66. The summed E-state index contributed by atoms with van der Waals surface area (Å²) < 4.78 is 5.11. The Morgan fingerprint density at radius 1 is 1.00 bits per heavy atom. The first-order chi connectivity index (χ1) is 13.0. The van der Waals surface area contributed by atoms with Crippen LogP contribution in [0.5, 0.6) is 5.75 Å². The monoisotopic (exact) mass is 364 g/mol. The Kier molecular flexibility index (Phi) is 5.91. The largest absolute Gasteiger partial charge is 0.497 e. The molecule has 5 heteroatoms. The lowest BCUT2D eigenvalue weighted by Gasteiger charge is -2.18. The molecule has 0 unspecified atom stereocenters. The fourth-order valence-corrected chi connectivity index (χ4v) is 3.07. The highest BCUT2D eigenvalue weighted by Gasteiger charge is 2.16. The first-order valence-electron chi connectivity index (χ1n) is 9.08. The molecule has 0 atom stereocenters. The van der Waals surface area contributed by atoms with Crippen LogP contribution in [0, 0.1) is 0 Å². The van der Waals surface area contributed by atoms with Gasteiger partial charge in [0.1, 0.15) is 5.75 Å². The van der Waals surface area contributed by atoms with Gasteiger partial charge in [0.05, 0.1) is 13.5 Å². The summed E-state index contributed by atoms with van der Waals surface area (Å²) in [6.45, 7) is 1.88. The summed E-state index contributed by atoms with van der Waals surface area (Å²) in [6.07, 6.45) is 2.72. The average Bonchev–Trinajstić information content (AvgIpc) is 2.67. The predicted octanol–water partition coefficient (Wildman–Crippen LogP) is 4.32. The van der Waals surface area contributed by atoms with Gasteiger partial charge >= 0.3 is 0 Å². The molecule has 0 fully saturated rings. The van der Waals surface area contributed by atoms with Crippen LogP contribution in [0.3, 0.4) is 0 Å². The number of rotatable bonds is 6. The van der Waals surface area contributed by atoms with Gasteiger partial charge in [-0.1, -0.05) is 12.1 Å². The highest BCUT2D eigenvalue weighted by Crippen LogP contribution is 2.24. The number of allylic oxidation sites excluding steroid dienone is 2. The molecular weight excluding hydrogens is 340 g/mol. The zero-order chi connectivity index (χ0) is 19.2. The SMILES string of the molecule is COc1ccc(NC(=O)Cc2ccc(NC3=C(C)C(=O)CCC3)cc2)cc1. The molecule has 0 radical (unpaired) electrons. The molecule has 0 bridgehead atoms. The van der Waals surface area contributed by atoms with Crippen molar-refractivity contribution < 1.29 is 14.3 Å². The predicted molar refractivity (Wildman–Crippen MR) is 107 cm³/mol. The molecule has 0 spiro atoms. The van der Waals surface area contributed by atoms with E-state index < -0.39 is 0 Å². The Labute approximate surface area is 159 Å². The Hall–Kier alpha value is -3.08. The second-order valence-electron chi connectivity index (χ2n) is 6.66. The molecule has 140 valence electrons. The van der Waals surface area contributed by atoms with Crippen LogP contribution in [0.2, 0.25) is 0 Å².